The first kappa shape index (κ1) is 16.9. The molecule has 1 atom stereocenters. The number of likely N-dealkylation sites (tertiary alicyclic amines) is 2. The van der Waals surface area contributed by atoms with Crippen molar-refractivity contribution in [1.29, 1.82) is 0 Å². The van der Waals surface area contributed by atoms with Crippen molar-refractivity contribution in [2.45, 2.75) is 37.8 Å². The molecule has 3 rings (SSSR count). The second-order valence-corrected chi connectivity index (χ2v) is 6.72. The van der Waals surface area contributed by atoms with Crippen LogP contribution in [-0.2, 0) is 4.79 Å². The number of hydrogen-bond acceptors (Lipinski definition) is 3. The Hall–Kier alpha value is -1.95. The first-order valence-corrected chi connectivity index (χ1v) is 8.69. The number of rotatable bonds is 3. The summed E-state index contributed by atoms with van der Waals surface area (Å²) < 4.78 is 5.94. The van der Waals surface area contributed by atoms with Crippen LogP contribution in [-0.4, -0.2) is 53.5 Å². The van der Waals surface area contributed by atoms with Gasteiger partial charge < -0.3 is 20.3 Å². The van der Waals surface area contributed by atoms with Gasteiger partial charge in [-0.2, -0.15) is 0 Å². The van der Waals surface area contributed by atoms with Crippen molar-refractivity contribution < 1.29 is 14.3 Å². The van der Waals surface area contributed by atoms with E-state index in [1.165, 1.54) is 4.90 Å². The summed E-state index contributed by atoms with van der Waals surface area (Å²) >= 11 is 5.87. The van der Waals surface area contributed by atoms with Crippen LogP contribution in [0.1, 0.15) is 25.7 Å². The molecule has 2 heterocycles. The summed E-state index contributed by atoms with van der Waals surface area (Å²) in [6.45, 7) is 1.85. The van der Waals surface area contributed by atoms with Crippen molar-refractivity contribution in [2.24, 2.45) is 5.73 Å². The van der Waals surface area contributed by atoms with Gasteiger partial charge in [0.25, 0.3) is 0 Å². The van der Waals surface area contributed by atoms with E-state index < -0.39 is 12.1 Å². The van der Waals surface area contributed by atoms with Crippen molar-refractivity contribution in [3.05, 3.63) is 29.3 Å². The third kappa shape index (κ3) is 3.75. The Kier molecular flexibility index (Phi) is 5.14. The number of nitrogens with zero attached hydrogens (tertiary/aromatic N) is 2. The quantitative estimate of drug-likeness (QED) is 0.907. The molecule has 0 saturated carbocycles. The number of amides is 3. The normalized spacial score (nSPS) is 21.8. The van der Waals surface area contributed by atoms with E-state index in [1.807, 2.05) is 17.0 Å². The molecule has 0 aliphatic carbocycles. The molecule has 0 radical (unpaired) electrons. The molecule has 130 valence electrons. The number of carbonyl (C=O) groups excluding carboxylic acids is 2. The minimum Gasteiger partial charge on any atom is -0.490 e. The highest BCUT2D eigenvalue weighted by Crippen LogP contribution is 2.24. The molecule has 2 aliphatic rings. The van der Waals surface area contributed by atoms with Gasteiger partial charge in [-0.15, -0.1) is 0 Å². The van der Waals surface area contributed by atoms with Crippen LogP contribution in [0.4, 0.5) is 4.79 Å². The molecular formula is C17H22ClN3O3. The summed E-state index contributed by atoms with van der Waals surface area (Å²) in [5, 5.41) is 0.679. The standard InChI is InChI=1S/C17H22ClN3O3/c18-12-3-5-13(6-4-12)24-14-7-10-20(11-8-14)16(22)15-2-1-9-21(15)17(19)23/h3-6,14-15H,1-2,7-11H2,(H2,19,23). The predicted octanol–water partition coefficient (Wildman–Crippen LogP) is 2.25. The van der Waals surface area contributed by atoms with Crippen LogP contribution >= 0.6 is 11.6 Å². The summed E-state index contributed by atoms with van der Waals surface area (Å²) in [6.07, 6.45) is 3.17. The molecular weight excluding hydrogens is 330 g/mol. The van der Waals surface area contributed by atoms with Gasteiger partial charge in [0.15, 0.2) is 0 Å². The Labute approximate surface area is 146 Å². The van der Waals surface area contributed by atoms with Gasteiger partial charge in [0.1, 0.15) is 17.9 Å². The van der Waals surface area contributed by atoms with Crippen molar-refractivity contribution in [1.82, 2.24) is 9.80 Å². The lowest BCUT2D eigenvalue weighted by Gasteiger charge is -2.35. The zero-order valence-corrected chi connectivity index (χ0v) is 14.2. The topological polar surface area (TPSA) is 75.9 Å². The van der Waals surface area contributed by atoms with Gasteiger partial charge in [0, 0.05) is 37.5 Å². The monoisotopic (exact) mass is 351 g/mol. The van der Waals surface area contributed by atoms with Crippen molar-refractivity contribution in [2.75, 3.05) is 19.6 Å². The molecule has 1 unspecified atom stereocenters. The van der Waals surface area contributed by atoms with Crippen LogP contribution in [0.5, 0.6) is 5.75 Å². The Morgan fingerprint density at radius 3 is 2.38 bits per heavy atom. The number of halogens is 1. The maximum Gasteiger partial charge on any atom is 0.315 e. The maximum absolute atomic E-state index is 12.6. The van der Waals surface area contributed by atoms with Crippen LogP contribution in [0.25, 0.3) is 0 Å². The zero-order valence-electron chi connectivity index (χ0n) is 13.5. The number of primary amides is 1. The Bertz CT molecular complexity index is 600. The Balaban J connectivity index is 1.52. The van der Waals surface area contributed by atoms with Gasteiger partial charge in [-0.25, -0.2) is 4.79 Å². The van der Waals surface area contributed by atoms with E-state index in [0.29, 0.717) is 31.1 Å². The molecule has 24 heavy (non-hydrogen) atoms. The van der Waals surface area contributed by atoms with Gasteiger partial charge in [-0.3, -0.25) is 4.79 Å². The lowest BCUT2D eigenvalue weighted by molar-refractivity contribution is -0.136. The molecule has 1 aromatic rings. The molecule has 2 N–H and O–H groups in total. The molecule has 6 nitrogen and oxygen atoms in total. The second-order valence-electron chi connectivity index (χ2n) is 6.29. The number of carbonyl (C=O) groups is 2. The fourth-order valence-electron chi connectivity index (χ4n) is 3.40. The molecule has 2 saturated heterocycles. The third-order valence-corrected chi connectivity index (χ3v) is 4.94. The van der Waals surface area contributed by atoms with E-state index >= 15 is 0 Å². The Morgan fingerprint density at radius 2 is 1.75 bits per heavy atom. The summed E-state index contributed by atoms with van der Waals surface area (Å²) in [4.78, 5) is 27.4. The molecule has 1 aromatic carbocycles. The van der Waals surface area contributed by atoms with Crippen molar-refractivity contribution in [3.63, 3.8) is 0 Å². The molecule has 0 spiro atoms. The van der Waals surface area contributed by atoms with E-state index in [4.69, 9.17) is 22.1 Å². The minimum absolute atomic E-state index is 0.0104. The molecule has 2 aliphatic heterocycles. The number of nitrogens with two attached hydrogens (primary N) is 1. The average Bonchev–Trinajstić information content (AvgIpc) is 3.07. The third-order valence-electron chi connectivity index (χ3n) is 4.69. The van der Waals surface area contributed by atoms with Gasteiger partial charge >= 0.3 is 6.03 Å². The zero-order chi connectivity index (χ0) is 17.1. The maximum atomic E-state index is 12.6. The molecule has 2 fully saturated rings. The fourth-order valence-corrected chi connectivity index (χ4v) is 3.52. The largest absolute Gasteiger partial charge is 0.490 e. The van der Waals surface area contributed by atoms with E-state index in [2.05, 4.69) is 0 Å². The lowest BCUT2D eigenvalue weighted by atomic mass is 10.1. The number of piperidine rings is 1. The van der Waals surface area contributed by atoms with Crippen LogP contribution in [0.15, 0.2) is 24.3 Å². The van der Waals surface area contributed by atoms with Crippen molar-refractivity contribution in [3.8, 4) is 5.75 Å². The van der Waals surface area contributed by atoms with E-state index in [1.54, 1.807) is 12.1 Å². The van der Waals surface area contributed by atoms with E-state index in [0.717, 1.165) is 25.0 Å². The molecule has 3 amide bonds. The first-order chi connectivity index (χ1) is 11.5. The minimum atomic E-state index is -0.508. The van der Waals surface area contributed by atoms with Gasteiger partial charge in [0.2, 0.25) is 5.91 Å². The number of ether oxygens (including phenoxy) is 1. The highest BCUT2D eigenvalue weighted by atomic mass is 35.5. The number of urea groups is 1. The van der Waals surface area contributed by atoms with E-state index in [-0.39, 0.29) is 12.0 Å². The van der Waals surface area contributed by atoms with E-state index in [9.17, 15) is 9.59 Å². The number of hydrogen-bond donors (Lipinski definition) is 1. The van der Waals surface area contributed by atoms with Crippen LogP contribution in [0, 0.1) is 0 Å². The SMILES string of the molecule is NC(=O)N1CCCC1C(=O)N1CCC(Oc2ccc(Cl)cc2)CC1. The summed E-state index contributed by atoms with van der Waals surface area (Å²) in [7, 11) is 0. The molecule has 7 heteroatoms. The summed E-state index contributed by atoms with van der Waals surface area (Å²) in [5.74, 6) is 0.802. The van der Waals surface area contributed by atoms with Crippen molar-refractivity contribution >= 4 is 23.5 Å². The van der Waals surface area contributed by atoms with Gasteiger partial charge in [-0.05, 0) is 37.1 Å². The summed E-state index contributed by atoms with van der Waals surface area (Å²) in [6, 6.07) is 6.40. The first-order valence-electron chi connectivity index (χ1n) is 8.31. The predicted molar refractivity (Wildman–Crippen MR) is 91.0 cm³/mol. The molecule has 0 bridgehead atoms. The Morgan fingerprint density at radius 1 is 1.08 bits per heavy atom. The number of benzene rings is 1. The van der Waals surface area contributed by atoms with Gasteiger partial charge in [0.05, 0.1) is 0 Å². The highest BCUT2D eigenvalue weighted by molar-refractivity contribution is 6.30. The van der Waals surface area contributed by atoms with Crippen LogP contribution in [0.2, 0.25) is 5.02 Å². The molecule has 0 aromatic heterocycles. The lowest BCUT2D eigenvalue weighted by Crippen LogP contribution is -2.52. The smallest absolute Gasteiger partial charge is 0.315 e. The average molecular weight is 352 g/mol. The van der Waals surface area contributed by atoms with Crippen LogP contribution in [0.3, 0.4) is 0 Å². The fraction of sp³-hybridized carbons (Fsp3) is 0.529. The van der Waals surface area contributed by atoms with Crippen LogP contribution < -0.4 is 10.5 Å². The second kappa shape index (κ2) is 7.30. The van der Waals surface area contributed by atoms with Gasteiger partial charge in [-0.1, -0.05) is 11.6 Å². The highest BCUT2D eigenvalue weighted by Gasteiger charge is 2.36. The summed E-state index contributed by atoms with van der Waals surface area (Å²) in [5.41, 5.74) is 5.36.